The van der Waals surface area contributed by atoms with E-state index in [0.717, 1.165) is 66.0 Å². The van der Waals surface area contributed by atoms with E-state index in [1.165, 1.54) is 6.07 Å². The summed E-state index contributed by atoms with van der Waals surface area (Å²) in [7, 11) is -4.16. The molecule has 3 amide bonds. The number of hydrogen-bond acceptors (Lipinski definition) is 10. The minimum absolute atomic E-state index is 0.00787. The molecule has 3 aromatic carbocycles. The van der Waals surface area contributed by atoms with Gasteiger partial charge >= 0.3 is 6.18 Å². The van der Waals surface area contributed by atoms with E-state index in [4.69, 9.17) is 17.0 Å². The number of halogens is 3. The molecule has 3 fully saturated rings. The number of fused-ring (bicyclic) bond motifs is 1. The Labute approximate surface area is 345 Å². The number of benzene rings is 3. The van der Waals surface area contributed by atoms with Crippen LogP contribution in [0.25, 0.3) is 0 Å². The number of carbonyl (C=O) groups excluding carboxylic acids is 3. The number of thiocarbonyl (C=S) groups is 1. The monoisotopic (exact) mass is 849 g/mol. The summed E-state index contributed by atoms with van der Waals surface area (Å²) < 4.78 is 74.7. The minimum Gasteiger partial charge on any atom is -0.492 e. The van der Waals surface area contributed by atoms with Crippen LogP contribution < -0.4 is 19.9 Å². The Morgan fingerprint density at radius 1 is 0.966 bits per heavy atom. The Morgan fingerprint density at radius 2 is 1.63 bits per heavy atom. The van der Waals surface area contributed by atoms with Crippen LogP contribution in [0.4, 0.5) is 24.5 Å². The predicted octanol–water partition coefficient (Wildman–Crippen LogP) is 5.06. The first-order valence-corrected chi connectivity index (χ1v) is 20.9. The number of nitrogens with zero attached hydrogens (tertiary/aromatic N) is 6. The number of piperazine rings is 1. The van der Waals surface area contributed by atoms with E-state index >= 15 is 0 Å². The Hall–Kier alpha value is -5.35. The number of nitriles is 1. The molecule has 7 rings (SSSR count). The van der Waals surface area contributed by atoms with Gasteiger partial charge < -0.3 is 19.9 Å². The van der Waals surface area contributed by atoms with Crippen LogP contribution in [0.2, 0.25) is 0 Å². The van der Waals surface area contributed by atoms with Crippen molar-refractivity contribution < 1.29 is 40.7 Å². The summed E-state index contributed by atoms with van der Waals surface area (Å²) in [5.41, 5.74) is -1.04. The number of sulfonamides is 1. The zero-order chi connectivity index (χ0) is 42.4. The van der Waals surface area contributed by atoms with Crippen LogP contribution in [0, 0.1) is 11.3 Å². The number of rotatable bonds is 11. The third-order valence-corrected chi connectivity index (χ3v) is 13.3. The Kier molecular flexibility index (Phi) is 11.3. The zero-order valence-corrected chi connectivity index (χ0v) is 34.1. The lowest BCUT2D eigenvalue weighted by atomic mass is 10.0. The molecule has 0 bridgehead atoms. The number of anilines is 2. The van der Waals surface area contributed by atoms with Crippen molar-refractivity contribution in [2.75, 3.05) is 55.7 Å². The van der Waals surface area contributed by atoms with Crippen LogP contribution in [-0.4, -0.2) is 103 Å². The van der Waals surface area contributed by atoms with Crippen LogP contribution in [0.5, 0.6) is 5.75 Å². The molecular weight excluding hydrogens is 808 g/mol. The van der Waals surface area contributed by atoms with Gasteiger partial charge in [0.2, 0.25) is 5.91 Å². The summed E-state index contributed by atoms with van der Waals surface area (Å²) in [6.45, 7) is 12.3. The maximum atomic E-state index is 13.7. The van der Waals surface area contributed by atoms with Crippen molar-refractivity contribution in [3.63, 3.8) is 0 Å². The normalized spacial score (nSPS) is 20.8. The summed E-state index contributed by atoms with van der Waals surface area (Å²) in [6, 6.07) is 15.4. The van der Waals surface area contributed by atoms with Gasteiger partial charge in [-0.3, -0.25) is 24.2 Å². The van der Waals surface area contributed by atoms with E-state index in [1.54, 1.807) is 67.3 Å². The Balaban J connectivity index is 0.865. The van der Waals surface area contributed by atoms with E-state index in [2.05, 4.69) is 21.7 Å². The molecule has 1 atom stereocenters. The summed E-state index contributed by atoms with van der Waals surface area (Å²) in [5, 5.41) is 11.8. The van der Waals surface area contributed by atoms with Crippen LogP contribution in [0.1, 0.15) is 60.2 Å². The van der Waals surface area contributed by atoms with Crippen LogP contribution in [0.3, 0.4) is 0 Å². The average molecular weight is 850 g/mol. The van der Waals surface area contributed by atoms with Gasteiger partial charge in [-0.25, -0.2) is 12.7 Å². The molecule has 4 aliphatic heterocycles. The molecule has 1 unspecified atom stereocenters. The van der Waals surface area contributed by atoms with Crippen molar-refractivity contribution in [3.05, 3.63) is 95.2 Å². The van der Waals surface area contributed by atoms with Crippen molar-refractivity contribution in [1.82, 2.24) is 19.4 Å². The van der Waals surface area contributed by atoms with Gasteiger partial charge in [-0.15, -0.1) is 0 Å². The SMILES string of the molecule is C=C1CCC(N2C(=O)c3ccc(CCCN4CCN(CCOc5ccc(N6C(=S)N(c7ccc(C#N)c(C(F)(F)F)c7)C(=O)C6(C)C)cc5)CC4)cc3S2(=O)=O)C(=O)N1. The molecule has 3 saturated heterocycles. The lowest BCUT2D eigenvalue weighted by Crippen LogP contribution is -2.51. The molecule has 0 aliphatic carbocycles. The quantitative estimate of drug-likeness (QED) is 0.259. The maximum absolute atomic E-state index is 13.7. The van der Waals surface area contributed by atoms with Gasteiger partial charge in [-0.1, -0.05) is 12.6 Å². The summed E-state index contributed by atoms with van der Waals surface area (Å²) in [4.78, 5) is 46.4. The molecule has 0 spiro atoms. The molecule has 0 radical (unpaired) electrons. The lowest BCUT2D eigenvalue weighted by Gasteiger charge is -2.34. The van der Waals surface area contributed by atoms with E-state index in [9.17, 15) is 41.2 Å². The number of amides is 3. The minimum atomic E-state index is -4.79. The Morgan fingerprint density at radius 3 is 2.27 bits per heavy atom. The fourth-order valence-corrected chi connectivity index (χ4v) is 10.2. The molecule has 4 aliphatic rings. The van der Waals surface area contributed by atoms with Gasteiger partial charge in [-0.2, -0.15) is 18.4 Å². The maximum Gasteiger partial charge on any atom is 0.417 e. The summed E-state index contributed by atoms with van der Waals surface area (Å²) in [6.07, 6.45) is -2.79. The summed E-state index contributed by atoms with van der Waals surface area (Å²) >= 11 is 5.63. The van der Waals surface area contributed by atoms with Gasteiger partial charge in [0.05, 0.1) is 28.4 Å². The van der Waals surface area contributed by atoms with Crippen molar-refractivity contribution in [3.8, 4) is 11.8 Å². The van der Waals surface area contributed by atoms with Gasteiger partial charge in [0, 0.05) is 44.1 Å². The van der Waals surface area contributed by atoms with Crippen molar-refractivity contribution >= 4 is 56.4 Å². The highest BCUT2D eigenvalue weighted by Gasteiger charge is 2.51. The van der Waals surface area contributed by atoms with Crippen LogP contribution in [0.15, 0.2) is 77.8 Å². The number of ether oxygens (including phenoxy) is 1. The molecule has 4 heterocycles. The second kappa shape index (κ2) is 16.0. The van der Waals surface area contributed by atoms with E-state index < -0.39 is 56.6 Å². The second-order valence-electron chi connectivity index (χ2n) is 15.4. The highest BCUT2D eigenvalue weighted by Crippen LogP contribution is 2.40. The number of hydrogen-bond donors (Lipinski definition) is 1. The Bertz CT molecular complexity index is 2370. The molecule has 0 saturated carbocycles. The first kappa shape index (κ1) is 41.8. The van der Waals surface area contributed by atoms with Crippen molar-refractivity contribution in [1.29, 1.82) is 5.26 Å². The fourth-order valence-electron chi connectivity index (χ4n) is 7.93. The number of piperidine rings is 1. The predicted molar refractivity (Wildman–Crippen MR) is 216 cm³/mol. The fraction of sp³-hybridized carbons (Fsp3) is 0.390. The highest BCUT2D eigenvalue weighted by molar-refractivity contribution is 7.90. The standard InChI is InChI=1S/C41H42F3N7O6S2/c1-26-6-15-34(36(52)46-26)51-37(53)32-14-7-27(23-35(32)59(51,55)56)5-4-16-47-17-19-48(20-18-47)21-22-57-31-12-10-29(11-13-31)50-39(58)49(38(54)40(50,2)3)30-9-8-28(25-45)33(24-30)41(42,43)44/h7-14,23-24,34H,1,4-6,15-22H2,2-3H3,(H,46,52). The van der Waals surface area contributed by atoms with Gasteiger partial charge in [0.1, 0.15) is 28.8 Å². The highest BCUT2D eigenvalue weighted by atomic mass is 32.2. The largest absolute Gasteiger partial charge is 0.492 e. The molecule has 1 N–H and O–H groups in total. The van der Waals surface area contributed by atoms with Crippen LogP contribution in [-0.2, 0) is 32.2 Å². The van der Waals surface area contributed by atoms with Gasteiger partial charge in [-0.05, 0) is 118 Å². The molecule has 0 aromatic heterocycles. The first-order valence-electron chi connectivity index (χ1n) is 19.1. The average Bonchev–Trinajstić information content (AvgIpc) is 3.50. The van der Waals surface area contributed by atoms with E-state index in [-0.39, 0.29) is 27.7 Å². The number of alkyl halides is 3. The number of aryl methyl sites for hydroxylation is 1. The second-order valence-corrected chi connectivity index (χ2v) is 17.5. The molecule has 18 heteroatoms. The first-order chi connectivity index (χ1) is 27.9. The van der Waals surface area contributed by atoms with Crippen molar-refractivity contribution in [2.45, 2.75) is 62.2 Å². The van der Waals surface area contributed by atoms with Gasteiger partial charge in [0.25, 0.3) is 21.8 Å². The van der Waals surface area contributed by atoms with Gasteiger partial charge in [0.15, 0.2) is 5.11 Å². The molecule has 59 heavy (non-hydrogen) atoms. The van der Waals surface area contributed by atoms with E-state index in [1.807, 2.05) is 0 Å². The molecule has 3 aromatic rings. The lowest BCUT2D eigenvalue weighted by molar-refractivity contribution is -0.137. The number of nitrogens with one attached hydrogen (secondary N) is 1. The summed E-state index contributed by atoms with van der Waals surface area (Å²) in [5.74, 6) is -1.14. The number of allylic oxidation sites excluding steroid dienone is 1. The molecular formula is C41H42F3N7O6S2. The number of carbonyl (C=O) groups is 3. The third-order valence-electron chi connectivity index (χ3n) is 11.1. The zero-order valence-electron chi connectivity index (χ0n) is 32.4. The van der Waals surface area contributed by atoms with Crippen molar-refractivity contribution in [2.24, 2.45) is 0 Å². The molecule has 310 valence electrons. The third kappa shape index (κ3) is 8.04. The topological polar surface area (TPSA) is 147 Å². The van der Waals surface area contributed by atoms with Crippen LogP contribution >= 0.6 is 12.2 Å². The smallest absolute Gasteiger partial charge is 0.417 e. The molecule has 13 nitrogen and oxygen atoms in total. The van der Waals surface area contributed by atoms with E-state index in [0.29, 0.717) is 43.1 Å².